The van der Waals surface area contributed by atoms with Crippen molar-refractivity contribution in [3.63, 3.8) is 0 Å². The van der Waals surface area contributed by atoms with E-state index in [9.17, 15) is 46.8 Å². The van der Waals surface area contributed by atoms with Crippen LogP contribution < -0.4 is 51.2 Å². The van der Waals surface area contributed by atoms with E-state index in [2.05, 4.69) is 67.8 Å². The molecule has 0 spiro atoms. The molecular weight excluding hydrogens is 1850 g/mol. The Morgan fingerprint density at radius 2 is 0.891 bits per heavy atom. The fourth-order valence-corrected chi connectivity index (χ4v) is 20.6. The van der Waals surface area contributed by atoms with Gasteiger partial charge in [0.25, 0.3) is 21.9 Å². The van der Waals surface area contributed by atoms with Crippen molar-refractivity contribution in [2.24, 2.45) is 5.92 Å². The van der Waals surface area contributed by atoms with Crippen molar-refractivity contribution < 1.29 is 99.7 Å². The molecule has 17 rings (SSSR count). The quantitative estimate of drug-likeness (QED) is 0.0286. The van der Waals surface area contributed by atoms with Crippen molar-refractivity contribution in [2.45, 2.75) is 188 Å². The van der Waals surface area contributed by atoms with Gasteiger partial charge in [-0.3, -0.25) is 43.5 Å². The van der Waals surface area contributed by atoms with Crippen LogP contribution in [0.4, 0.5) is 38.0 Å². The van der Waals surface area contributed by atoms with Crippen molar-refractivity contribution in [1.82, 2.24) is 40.5 Å². The molecule has 0 fully saturated rings. The second-order valence-electron chi connectivity index (χ2n) is 35.3. The first kappa shape index (κ1) is 110. The summed E-state index contributed by atoms with van der Waals surface area (Å²) in [6.07, 6.45) is 0.0320. The number of methoxy groups -OCH3 is 3. The standard InChI is InChI=1S/C22H27N3O4S.C21H23N3O3S.C16H15N3OS.2C14H12N2O2S.C10H20O5S.3CH4.Li/c1-12-7-8-14-15(24-12)9-10-16-17(14)18(19(30-16)20(26)28-6)23-11-13(2)25-21(27)29-22(3,4)5;1-11-6-7-13-14(23-11)8-9-15-16(13)17-18(28-15)19(25)24(12(2)10-22-17)20(26)27-21(3,4)5;1-8-3-4-10-11(18-8)5-6-12-13(10)14-15(21-12)16(20)19-9(2)7-17-14;2*1-7-3-4-8-9(16-7)5-6-10-11(8)12(15)13(19-10)14(17)18-2;1-8(7-14-16(5,12)13)6-9(11)15-10(2,3)4;;;;/h7-10,13,23H,11H2,1-6H3,(H,25,27);6-9,12,22H,10H2,1-5H3;3-6,9,17H,7H2,1-2H3,(H,19,20);3-6H,1-2H3,(H2,15,17);3-6H,15H2,1-2H3;8H,6-7H2,1-5H3;3*1H4;/q;;;;;;;;;+1/t13-;12-;9-;;;8-;;;;/m000..1..../s1. The zero-order valence-electron chi connectivity index (χ0n) is 80.0. The number of carbonyl (C=O) groups excluding carboxylic acids is 8. The van der Waals surface area contributed by atoms with Gasteiger partial charge >= 0.3 is 56.4 Å². The number of nitrogens with zero attached hydrogens (tertiary/aromatic N) is 6. The topological polar surface area (TPSA) is 413 Å². The van der Waals surface area contributed by atoms with Gasteiger partial charge in [-0.05, 0) is 220 Å². The molecule has 724 valence electrons. The van der Waals surface area contributed by atoms with Crippen LogP contribution in [0.15, 0.2) is 121 Å². The smallest absolute Gasteiger partial charge is 0.697 e. The van der Waals surface area contributed by atoms with Crippen LogP contribution in [0.1, 0.15) is 197 Å². The van der Waals surface area contributed by atoms with Gasteiger partial charge < -0.3 is 66.5 Å². The van der Waals surface area contributed by atoms with Crippen LogP contribution in [0.3, 0.4) is 0 Å². The molecule has 0 bridgehead atoms. The summed E-state index contributed by atoms with van der Waals surface area (Å²) in [6, 6.07) is 39.1. The molecule has 12 heterocycles. The van der Waals surface area contributed by atoms with Crippen molar-refractivity contribution in [3.8, 4) is 0 Å². The monoisotopic (exact) mass is 1970 g/mol. The molecule has 4 atom stereocenters. The molecule has 0 radical (unpaired) electrons. The number of aryl methyl sites for hydroxylation is 5. The third-order valence-electron chi connectivity index (χ3n) is 20.5. The molecule has 4 amide bonds. The molecule has 2 aliphatic heterocycles. The summed E-state index contributed by atoms with van der Waals surface area (Å²) in [4.78, 5) is 124. The molecule has 15 aromatic rings. The Morgan fingerprint density at radius 1 is 0.518 bits per heavy atom. The third kappa shape index (κ3) is 26.5. The third-order valence-corrected chi connectivity index (χ3v) is 26.8. The van der Waals surface area contributed by atoms with Gasteiger partial charge in [-0.25, -0.2) is 28.9 Å². The van der Waals surface area contributed by atoms with Crippen molar-refractivity contribution in [3.05, 3.63) is 180 Å². The second-order valence-corrected chi connectivity index (χ2v) is 42.2. The molecule has 0 aliphatic carbocycles. The number of nitrogens with one attached hydrogen (secondary N) is 6. The molecule has 8 N–H and O–H groups in total. The first-order valence-corrected chi connectivity index (χ1v) is 48.5. The number of esters is 4. The number of fused-ring (bicyclic) bond motifs is 19. The van der Waals surface area contributed by atoms with E-state index in [1.165, 1.54) is 82.9 Å². The van der Waals surface area contributed by atoms with Crippen LogP contribution in [-0.4, -0.2) is 175 Å². The van der Waals surface area contributed by atoms with E-state index in [1.807, 2.05) is 185 Å². The molecule has 137 heavy (non-hydrogen) atoms. The number of benzene rings is 5. The number of imide groups is 1. The van der Waals surface area contributed by atoms with Crippen molar-refractivity contribution >= 4 is 248 Å². The number of carbonyl (C=O) groups is 8. The largest absolute Gasteiger partial charge is 1.00 e. The van der Waals surface area contributed by atoms with Gasteiger partial charge in [-0.1, -0.05) is 59.5 Å². The molecule has 0 saturated heterocycles. The molecule has 0 unspecified atom stereocenters. The number of amides is 4. The number of alkyl carbamates (subject to hydrolysis) is 1. The van der Waals surface area contributed by atoms with E-state index in [0.29, 0.717) is 44.0 Å². The molecule has 10 aromatic heterocycles. The van der Waals surface area contributed by atoms with Gasteiger partial charge in [0.1, 0.15) is 36.3 Å². The maximum Gasteiger partial charge on any atom is 1.00 e. The van der Waals surface area contributed by atoms with E-state index < -0.39 is 57.0 Å². The van der Waals surface area contributed by atoms with E-state index >= 15 is 0 Å². The summed E-state index contributed by atoms with van der Waals surface area (Å²) in [6.45, 7) is 35.0. The number of pyridine rings is 5. The summed E-state index contributed by atoms with van der Waals surface area (Å²) >= 11 is 6.94. The van der Waals surface area contributed by atoms with Crippen molar-refractivity contribution in [2.75, 3.05) is 75.5 Å². The average molecular weight is 1980 g/mol. The maximum atomic E-state index is 13.3. The molecule has 2 aliphatic rings. The van der Waals surface area contributed by atoms with Crippen LogP contribution in [0.5, 0.6) is 0 Å². The van der Waals surface area contributed by atoms with Crippen LogP contribution in [0.2, 0.25) is 0 Å². The number of ether oxygens (including phenoxy) is 6. The Kier molecular flexibility index (Phi) is 36.7. The Bertz CT molecular complexity index is 7060. The first-order chi connectivity index (χ1) is 62.6. The predicted molar refractivity (Wildman–Crippen MR) is 557 cm³/mol. The number of nitrogen functional groups attached to an aromatic ring is 1. The second kappa shape index (κ2) is 45.5. The minimum atomic E-state index is -3.44. The van der Waals surface area contributed by atoms with E-state index in [0.717, 1.165) is 162 Å². The van der Waals surface area contributed by atoms with Crippen molar-refractivity contribution in [1.29, 1.82) is 0 Å². The number of thiophene rings is 5. The minimum Gasteiger partial charge on any atom is -0.697 e. The maximum absolute atomic E-state index is 13.3. The Morgan fingerprint density at radius 3 is 1.34 bits per heavy atom. The normalized spacial score (nSPS) is 13.9. The van der Waals surface area contributed by atoms with E-state index in [4.69, 9.17) is 39.9 Å². The predicted octanol–water partition coefficient (Wildman–Crippen LogP) is 20.8. The van der Waals surface area contributed by atoms with Crippen LogP contribution in [-0.2, 0) is 47.5 Å². The average Bonchev–Trinajstić information content (AvgIpc) is 1.62. The van der Waals surface area contributed by atoms with Gasteiger partial charge in [-0.2, -0.15) is 8.42 Å². The van der Waals surface area contributed by atoms with E-state index in [1.54, 1.807) is 48.5 Å². The fraction of sp³-hybridized carbons (Fsp3) is 0.370. The molecule has 30 nitrogen and oxygen atoms in total. The summed E-state index contributed by atoms with van der Waals surface area (Å²) in [5, 5.41) is 25.6. The van der Waals surface area contributed by atoms with Gasteiger partial charge in [0.15, 0.2) is 0 Å². The fourth-order valence-electron chi connectivity index (χ4n) is 14.7. The number of rotatable bonds is 12. The summed E-state index contributed by atoms with van der Waals surface area (Å²) in [5.41, 5.74) is 24.9. The zero-order chi connectivity index (χ0) is 96.9. The van der Waals surface area contributed by atoms with Crippen LogP contribution >= 0.6 is 56.7 Å². The van der Waals surface area contributed by atoms with E-state index in [-0.39, 0.29) is 103 Å². The Labute approximate surface area is 831 Å². The summed E-state index contributed by atoms with van der Waals surface area (Å²) < 4.78 is 61.3. The van der Waals surface area contributed by atoms with Gasteiger partial charge in [-0.15, -0.1) is 62.4 Å². The number of anilines is 4. The molecule has 0 saturated carbocycles. The van der Waals surface area contributed by atoms with Gasteiger partial charge in [0, 0.05) is 132 Å². The Balaban J connectivity index is 0.000000227. The van der Waals surface area contributed by atoms with Gasteiger partial charge in [0.2, 0.25) is 0 Å². The molecular formula is C100H121LiN13O17S6+. The Hall–Kier alpha value is -12.0. The first-order valence-electron chi connectivity index (χ1n) is 42.6. The number of aromatic nitrogens is 5. The summed E-state index contributed by atoms with van der Waals surface area (Å²) in [7, 11) is 0.610. The SMILES string of the molecule is C.C.C.COC(=O)c1sc2ccc3nc(C)ccc3c2c1N.COC(=O)c1sc2ccc3nc(C)ccc3c2c1NC[C@H](C)NC(=O)OC(C)(C)C.COC(=O)c1sc2ccc3nc(C)ccc3c2c1[NH-].C[C@@H](COS(C)(=O)=O)CC(=O)OC(C)(C)C.Cc1ccc2c(ccc3sc4c(c32)NC[C@H](C)N(C(=O)OC(C)(C)C)C4=O)n1.Cc1ccc2c(ccc3sc4c(c32)NC[C@H](C)NC4=O)n1.[H+].[Li+]. The number of hydrogen-bond donors (Lipinski definition) is 6. The minimum absolute atomic E-state index is 0. The van der Waals surface area contributed by atoms with Gasteiger partial charge in [0.05, 0.1) is 102 Å². The summed E-state index contributed by atoms with van der Waals surface area (Å²) in [5.74, 6) is -2.11. The molecule has 37 heteroatoms. The number of hydrogen-bond acceptors (Lipinski definition) is 31. The molecule has 5 aromatic carbocycles. The number of nitrogens with two attached hydrogens (primary N) is 1. The zero-order valence-corrected chi connectivity index (χ0v) is 83.9. The van der Waals surface area contributed by atoms with Crippen LogP contribution in [0.25, 0.3) is 111 Å². The van der Waals surface area contributed by atoms with Crippen LogP contribution in [0, 0.1) is 40.5 Å².